The van der Waals surface area contributed by atoms with E-state index in [-0.39, 0.29) is 11.0 Å². The molecule has 3 aromatic rings. The minimum atomic E-state index is -0.933. The average molecular weight is 378 g/mol. The summed E-state index contributed by atoms with van der Waals surface area (Å²) < 4.78 is 7.91. The van der Waals surface area contributed by atoms with Gasteiger partial charge < -0.3 is 14.4 Å². The summed E-state index contributed by atoms with van der Waals surface area (Å²) in [6, 6.07) is 12.9. The first-order valence-electron chi connectivity index (χ1n) is 9.45. The Bertz CT molecular complexity index is 966. The predicted molar refractivity (Wildman–Crippen MR) is 110 cm³/mol. The van der Waals surface area contributed by atoms with Crippen LogP contribution in [0, 0.1) is 0 Å². The molecule has 0 unspecified atom stereocenters. The number of carboxylic acid groups (broad SMARTS) is 1. The monoisotopic (exact) mass is 378 g/mol. The van der Waals surface area contributed by atoms with Gasteiger partial charge in [-0.2, -0.15) is 0 Å². The van der Waals surface area contributed by atoms with E-state index in [1.54, 1.807) is 30.6 Å². The second-order valence-electron chi connectivity index (χ2n) is 7.83. The number of rotatable bonds is 6. The van der Waals surface area contributed by atoms with E-state index < -0.39 is 5.97 Å². The van der Waals surface area contributed by atoms with E-state index in [1.165, 1.54) is 0 Å². The Kier molecular flexibility index (Phi) is 5.54. The summed E-state index contributed by atoms with van der Waals surface area (Å²) >= 11 is 0. The predicted octanol–water partition coefficient (Wildman–Crippen LogP) is 5.32. The van der Waals surface area contributed by atoms with Crippen molar-refractivity contribution in [2.45, 2.75) is 39.5 Å². The second-order valence-corrected chi connectivity index (χ2v) is 7.83. The van der Waals surface area contributed by atoms with Crippen LogP contribution in [0.5, 0.6) is 5.75 Å². The summed E-state index contributed by atoms with van der Waals surface area (Å²) in [5.41, 5.74) is 4.05. The maximum absolute atomic E-state index is 11.0. The lowest BCUT2D eigenvalue weighted by atomic mass is 9.86. The summed E-state index contributed by atoms with van der Waals surface area (Å²) in [7, 11) is 0. The van der Waals surface area contributed by atoms with Crippen LogP contribution >= 0.6 is 0 Å². The standard InChI is InChI=1S/C23H26N2O3/c1-5-12-28-21-11-10-18(13-19(21)23(2,3)4)25-14-20(24-15-25)16-6-8-17(9-7-16)22(26)27/h6-11,13-15H,5,12H2,1-4H3,(H,26,27). The highest BCUT2D eigenvalue weighted by atomic mass is 16.5. The quantitative estimate of drug-likeness (QED) is 0.630. The number of ether oxygens (including phenoxy) is 1. The van der Waals surface area contributed by atoms with Crippen molar-refractivity contribution in [1.82, 2.24) is 9.55 Å². The number of aromatic carboxylic acids is 1. The van der Waals surface area contributed by atoms with Crippen molar-refractivity contribution >= 4 is 5.97 Å². The number of carbonyl (C=O) groups is 1. The number of nitrogens with zero attached hydrogens (tertiary/aromatic N) is 2. The number of imidazole rings is 1. The van der Waals surface area contributed by atoms with Crippen molar-refractivity contribution in [3.63, 3.8) is 0 Å². The SMILES string of the molecule is CCCOc1ccc(-n2cnc(-c3ccc(C(=O)O)cc3)c2)cc1C(C)(C)C. The van der Waals surface area contributed by atoms with Gasteiger partial charge in [-0.05, 0) is 42.2 Å². The molecule has 0 atom stereocenters. The van der Waals surface area contributed by atoms with E-state index >= 15 is 0 Å². The summed E-state index contributed by atoms with van der Waals surface area (Å²) in [4.78, 5) is 15.5. The smallest absolute Gasteiger partial charge is 0.335 e. The topological polar surface area (TPSA) is 64.4 Å². The van der Waals surface area contributed by atoms with Crippen LogP contribution in [0.3, 0.4) is 0 Å². The van der Waals surface area contributed by atoms with Crippen molar-refractivity contribution in [2.75, 3.05) is 6.61 Å². The van der Waals surface area contributed by atoms with Gasteiger partial charge in [-0.15, -0.1) is 0 Å². The minimum Gasteiger partial charge on any atom is -0.493 e. The molecule has 1 aromatic heterocycles. The maximum atomic E-state index is 11.0. The molecule has 0 fully saturated rings. The molecule has 28 heavy (non-hydrogen) atoms. The number of hydrogen-bond donors (Lipinski definition) is 1. The van der Waals surface area contributed by atoms with E-state index in [9.17, 15) is 4.79 Å². The first-order valence-corrected chi connectivity index (χ1v) is 9.45. The molecule has 5 nitrogen and oxygen atoms in total. The van der Waals surface area contributed by atoms with Crippen LogP contribution in [0.1, 0.15) is 50.0 Å². The summed E-state index contributed by atoms with van der Waals surface area (Å²) in [6.07, 6.45) is 4.69. The highest BCUT2D eigenvalue weighted by molar-refractivity contribution is 5.88. The van der Waals surface area contributed by atoms with E-state index in [0.717, 1.165) is 34.7 Å². The van der Waals surface area contributed by atoms with Gasteiger partial charge in [-0.1, -0.05) is 39.8 Å². The third kappa shape index (κ3) is 4.25. The molecule has 1 N–H and O–H groups in total. The lowest BCUT2D eigenvalue weighted by molar-refractivity contribution is 0.0697. The van der Waals surface area contributed by atoms with E-state index in [1.807, 2.05) is 22.9 Å². The van der Waals surface area contributed by atoms with Gasteiger partial charge in [0.2, 0.25) is 0 Å². The van der Waals surface area contributed by atoms with Gasteiger partial charge in [0.15, 0.2) is 0 Å². The van der Waals surface area contributed by atoms with Gasteiger partial charge in [0.25, 0.3) is 0 Å². The molecule has 0 aliphatic carbocycles. The molecule has 0 aliphatic rings. The largest absolute Gasteiger partial charge is 0.493 e. The van der Waals surface area contributed by atoms with Crippen molar-refractivity contribution in [1.29, 1.82) is 0 Å². The average Bonchev–Trinajstić information content (AvgIpc) is 3.15. The summed E-state index contributed by atoms with van der Waals surface area (Å²) in [5, 5.41) is 9.04. The number of aromatic nitrogens is 2. The number of carboxylic acids is 1. The Morgan fingerprint density at radius 1 is 1.14 bits per heavy atom. The van der Waals surface area contributed by atoms with Gasteiger partial charge in [0, 0.05) is 23.0 Å². The summed E-state index contributed by atoms with van der Waals surface area (Å²) in [6.45, 7) is 9.32. The Morgan fingerprint density at radius 2 is 1.86 bits per heavy atom. The molecule has 1 heterocycles. The zero-order valence-electron chi connectivity index (χ0n) is 16.8. The van der Waals surface area contributed by atoms with Crippen molar-refractivity contribution in [3.05, 3.63) is 66.1 Å². The Morgan fingerprint density at radius 3 is 2.46 bits per heavy atom. The lowest BCUT2D eigenvalue weighted by Crippen LogP contribution is -2.14. The molecule has 0 spiro atoms. The third-order valence-electron chi connectivity index (χ3n) is 4.54. The molecule has 0 bridgehead atoms. The Balaban J connectivity index is 1.93. The molecule has 3 rings (SSSR count). The van der Waals surface area contributed by atoms with Crippen LogP contribution in [-0.2, 0) is 5.41 Å². The Labute approximate surface area is 165 Å². The van der Waals surface area contributed by atoms with Crippen molar-refractivity contribution < 1.29 is 14.6 Å². The maximum Gasteiger partial charge on any atom is 0.335 e. The summed E-state index contributed by atoms with van der Waals surface area (Å²) in [5.74, 6) is -0.0140. The number of benzene rings is 2. The van der Waals surface area contributed by atoms with Crippen LogP contribution in [-0.4, -0.2) is 27.2 Å². The van der Waals surface area contributed by atoms with E-state index in [0.29, 0.717) is 6.61 Å². The third-order valence-corrected chi connectivity index (χ3v) is 4.54. The fourth-order valence-electron chi connectivity index (χ4n) is 3.00. The molecule has 0 saturated carbocycles. The van der Waals surface area contributed by atoms with Gasteiger partial charge in [-0.25, -0.2) is 9.78 Å². The zero-order valence-corrected chi connectivity index (χ0v) is 16.8. The van der Waals surface area contributed by atoms with Gasteiger partial charge in [0.1, 0.15) is 5.75 Å². The zero-order chi connectivity index (χ0) is 20.3. The first kappa shape index (κ1) is 19.7. The van der Waals surface area contributed by atoms with E-state index in [4.69, 9.17) is 9.84 Å². The van der Waals surface area contributed by atoms with Crippen molar-refractivity contribution in [2.24, 2.45) is 0 Å². The highest BCUT2D eigenvalue weighted by Crippen LogP contribution is 2.33. The van der Waals surface area contributed by atoms with Crippen LogP contribution in [0.2, 0.25) is 0 Å². The van der Waals surface area contributed by atoms with Crippen molar-refractivity contribution in [3.8, 4) is 22.7 Å². The molecule has 0 amide bonds. The molecule has 2 aromatic carbocycles. The minimum absolute atomic E-state index is 0.0465. The number of hydrogen-bond acceptors (Lipinski definition) is 3. The van der Waals surface area contributed by atoms with E-state index in [2.05, 4.69) is 38.7 Å². The first-order chi connectivity index (χ1) is 13.3. The molecule has 5 heteroatoms. The van der Waals surface area contributed by atoms with Crippen LogP contribution in [0.4, 0.5) is 0 Å². The van der Waals surface area contributed by atoms with Crippen LogP contribution in [0.25, 0.3) is 16.9 Å². The molecule has 146 valence electrons. The normalized spacial score (nSPS) is 11.4. The molecule has 0 radical (unpaired) electrons. The van der Waals surface area contributed by atoms with Gasteiger partial charge >= 0.3 is 5.97 Å². The molecule has 0 aliphatic heterocycles. The Hall–Kier alpha value is -3.08. The lowest BCUT2D eigenvalue weighted by Gasteiger charge is -2.23. The van der Waals surface area contributed by atoms with Gasteiger partial charge in [-0.3, -0.25) is 0 Å². The van der Waals surface area contributed by atoms with Crippen LogP contribution < -0.4 is 4.74 Å². The highest BCUT2D eigenvalue weighted by Gasteiger charge is 2.20. The molecule has 0 saturated heterocycles. The van der Waals surface area contributed by atoms with Gasteiger partial charge in [0.05, 0.1) is 24.2 Å². The fraction of sp³-hybridized carbons (Fsp3) is 0.304. The fourth-order valence-corrected chi connectivity index (χ4v) is 3.00. The van der Waals surface area contributed by atoms with Crippen LogP contribution in [0.15, 0.2) is 55.0 Å². The molecular formula is C23H26N2O3. The second kappa shape index (κ2) is 7.89. The molecular weight excluding hydrogens is 352 g/mol.